The lowest BCUT2D eigenvalue weighted by molar-refractivity contribution is 0.500. The Morgan fingerprint density at radius 1 is 0.955 bits per heavy atom. The lowest BCUT2D eigenvalue weighted by Gasteiger charge is -2.15. The third-order valence-corrected chi connectivity index (χ3v) is 6.88. The fourth-order valence-electron chi connectivity index (χ4n) is 2.16. The highest BCUT2D eigenvalue weighted by Gasteiger charge is 2.44. The van der Waals surface area contributed by atoms with E-state index in [4.69, 9.17) is 4.18 Å². The number of sulfonamides is 1. The van der Waals surface area contributed by atoms with Gasteiger partial charge in [-0.1, -0.05) is 23.8 Å². The Bertz CT molecular complexity index is 947. The maximum absolute atomic E-state index is 12.7. The average molecular weight is 339 g/mol. The molecule has 1 heterocycles. The number of rotatable bonds is 2. The van der Waals surface area contributed by atoms with Gasteiger partial charge in [0.2, 0.25) is 0 Å². The molecule has 8 heteroatoms. The van der Waals surface area contributed by atoms with Gasteiger partial charge in [-0.3, -0.25) is 0 Å². The maximum atomic E-state index is 12.7. The molecule has 1 aliphatic heterocycles. The van der Waals surface area contributed by atoms with Gasteiger partial charge >= 0.3 is 10.3 Å². The predicted octanol–water partition coefficient (Wildman–Crippen LogP) is 2.14. The van der Waals surface area contributed by atoms with E-state index in [1.54, 1.807) is 25.1 Å². The highest BCUT2D eigenvalue weighted by molar-refractivity contribution is 8.08. The number of fused-ring (bicyclic) bond motifs is 1. The van der Waals surface area contributed by atoms with Crippen molar-refractivity contribution in [1.29, 1.82) is 0 Å². The van der Waals surface area contributed by atoms with Gasteiger partial charge in [0.1, 0.15) is 5.69 Å². The molecular formula is C14H13NO5S2. The summed E-state index contributed by atoms with van der Waals surface area (Å²) in [6.45, 7) is 3.57. The second kappa shape index (κ2) is 4.72. The number of hydrogen-bond acceptors (Lipinski definition) is 5. The monoisotopic (exact) mass is 339 g/mol. The van der Waals surface area contributed by atoms with Crippen molar-refractivity contribution in [3.05, 3.63) is 53.6 Å². The summed E-state index contributed by atoms with van der Waals surface area (Å²) in [5, 5.41) is 0. The van der Waals surface area contributed by atoms with E-state index in [0.717, 1.165) is 11.1 Å². The van der Waals surface area contributed by atoms with Crippen molar-refractivity contribution in [2.45, 2.75) is 18.7 Å². The quantitative estimate of drug-likeness (QED) is 0.837. The molecule has 0 unspecified atom stereocenters. The van der Waals surface area contributed by atoms with Gasteiger partial charge in [0.05, 0.1) is 4.90 Å². The van der Waals surface area contributed by atoms with Crippen molar-refractivity contribution in [3.63, 3.8) is 0 Å². The summed E-state index contributed by atoms with van der Waals surface area (Å²) in [6, 6.07) is 10.5. The van der Waals surface area contributed by atoms with E-state index in [1.165, 1.54) is 24.3 Å². The number of hydrogen-bond donors (Lipinski definition) is 0. The zero-order valence-electron chi connectivity index (χ0n) is 11.8. The zero-order chi connectivity index (χ0) is 16.1. The number of aryl methyl sites for hydroxylation is 2. The first kappa shape index (κ1) is 14.9. The molecule has 22 heavy (non-hydrogen) atoms. The SMILES string of the molecule is Cc1ccc(S(=O)(=O)N2c3ccc(C)cc3OS2(=O)=O)cc1. The molecule has 0 aromatic heterocycles. The van der Waals surface area contributed by atoms with Gasteiger partial charge in [-0.15, -0.1) is 3.71 Å². The Morgan fingerprint density at radius 2 is 1.55 bits per heavy atom. The van der Waals surface area contributed by atoms with Crippen LogP contribution in [0.2, 0.25) is 0 Å². The van der Waals surface area contributed by atoms with Crippen LogP contribution < -0.4 is 7.89 Å². The second-order valence-electron chi connectivity index (χ2n) is 5.03. The molecule has 3 rings (SSSR count). The molecule has 2 aromatic rings. The van der Waals surface area contributed by atoms with Crippen LogP contribution in [0.15, 0.2) is 47.4 Å². The summed E-state index contributed by atoms with van der Waals surface area (Å²) in [5.74, 6) is 0.00990. The Balaban J connectivity index is 2.20. The van der Waals surface area contributed by atoms with Crippen molar-refractivity contribution in [2.24, 2.45) is 0 Å². The molecule has 0 saturated carbocycles. The van der Waals surface area contributed by atoms with Gasteiger partial charge < -0.3 is 4.18 Å². The first-order chi connectivity index (χ1) is 10.2. The van der Waals surface area contributed by atoms with Crippen LogP contribution in [0.1, 0.15) is 11.1 Å². The minimum Gasteiger partial charge on any atom is -0.364 e. The van der Waals surface area contributed by atoms with Crippen molar-refractivity contribution >= 4 is 26.0 Å². The molecule has 0 fully saturated rings. The standard InChI is InChI=1S/C14H13NO5S2/c1-10-3-6-12(7-4-10)21(16,17)15-13-8-5-11(2)9-14(13)20-22(15,18)19/h3-9H,1-2H3. The summed E-state index contributed by atoms with van der Waals surface area (Å²) in [5.41, 5.74) is 1.63. The average Bonchev–Trinajstić information content (AvgIpc) is 2.68. The summed E-state index contributed by atoms with van der Waals surface area (Å²) < 4.78 is 54.8. The normalized spacial score (nSPS) is 16.2. The van der Waals surface area contributed by atoms with E-state index in [2.05, 4.69) is 0 Å². The van der Waals surface area contributed by atoms with Crippen molar-refractivity contribution < 1.29 is 21.0 Å². The smallest absolute Gasteiger partial charge is 0.364 e. The summed E-state index contributed by atoms with van der Waals surface area (Å²) in [4.78, 5) is -0.112. The summed E-state index contributed by atoms with van der Waals surface area (Å²) >= 11 is 0. The Labute approximate surface area is 129 Å². The van der Waals surface area contributed by atoms with E-state index in [1.807, 2.05) is 6.92 Å². The van der Waals surface area contributed by atoms with E-state index in [-0.39, 0.29) is 16.3 Å². The van der Waals surface area contributed by atoms with Crippen LogP contribution in [0.3, 0.4) is 0 Å². The number of anilines is 1. The molecule has 0 saturated heterocycles. The van der Waals surface area contributed by atoms with E-state index in [9.17, 15) is 16.8 Å². The molecule has 0 amide bonds. The minimum absolute atomic E-state index is 0.00817. The highest BCUT2D eigenvalue weighted by Crippen LogP contribution is 2.42. The number of nitrogens with zero attached hydrogens (tertiary/aromatic N) is 1. The summed E-state index contributed by atoms with van der Waals surface area (Å²) in [6.07, 6.45) is 0. The highest BCUT2D eigenvalue weighted by atomic mass is 32.3. The van der Waals surface area contributed by atoms with Crippen LogP contribution in [0, 0.1) is 13.8 Å². The fraction of sp³-hybridized carbons (Fsp3) is 0.143. The predicted molar refractivity (Wildman–Crippen MR) is 81.6 cm³/mol. The minimum atomic E-state index is -4.43. The molecule has 0 radical (unpaired) electrons. The number of benzene rings is 2. The zero-order valence-corrected chi connectivity index (χ0v) is 13.5. The molecule has 116 valence electrons. The van der Waals surface area contributed by atoms with E-state index in [0.29, 0.717) is 3.71 Å². The van der Waals surface area contributed by atoms with Crippen molar-refractivity contribution in [1.82, 2.24) is 0 Å². The topological polar surface area (TPSA) is 80.8 Å². The molecule has 0 bridgehead atoms. The van der Waals surface area contributed by atoms with Gasteiger partial charge in [0.25, 0.3) is 10.0 Å². The largest absolute Gasteiger partial charge is 0.423 e. The first-order valence-electron chi connectivity index (χ1n) is 6.39. The molecule has 0 atom stereocenters. The molecule has 6 nitrogen and oxygen atoms in total. The van der Waals surface area contributed by atoms with Gasteiger partial charge in [-0.2, -0.15) is 16.8 Å². The second-order valence-corrected chi connectivity index (χ2v) is 8.43. The molecule has 2 aromatic carbocycles. The van der Waals surface area contributed by atoms with E-state index < -0.39 is 20.3 Å². The van der Waals surface area contributed by atoms with Gasteiger partial charge in [0, 0.05) is 0 Å². The third kappa shape index (κ3) is 2.24. The molecule has 0 spiro atoms. The van der Waals surface area contributed by atoms with Gasteiger partial charge in [0.15, 0.2) is 5.75 Å². The van der Waals surface area contributed by atoms with Crippen LogP contribution >= 0.6 is 0 Å². The first-order valence-corrected chi connectivity index (χ1v) is 9.19. The molecular weight excluding hydrogens is 326 g/mol. The fourth-order valence-corrected chi connectivity index (χ4v) is 5.37. The summed E-state index contributed by atoms with van der Waals surface area (Å²) in [7, 11) is -8.70. The van der Waals surface area contributed by atoms with Crippen LogP contribution in [0.25, 0.3) is 0 Å². The van der Waals surface area contributed by atoms with Crippen molar-refractivity contribution in [2.75, 3.05) is 3.71 Å². The van der Waals surface area contributed by atoms with Crippen LogP contribution in [0.4, 0.5) is 5.69 Å². The molecule has 1 aliphatic rings. The molecule has 0 aliphatic carbocycles. The van der Waals surface area contributed by atoms with Gasteiger partial charge in [-0.25, -0.2) is 0 Å². The molecule has 0 N–H and O–H groups in total. The van der Waals surface area contributed by atoms with Crippen LogP contribution in [-0.4, -0.2) is 16.8 Å². The lowest BCUT2D eigenvalue weighted by atomic mass is 10.2. The van der Waals surface area contributed by atoms with E-state index >= 15 is 0 Å². The maximum Gasteiger partial charge on any atom is 0.423 e. The third-order valence-electron chi connectivity index (χ3n) is 3.25. The lowest BCUT2D eigenvalue weighted by Crippen LogP contribution is -2.35. The Hall–Kier alpha value is -2.06. The van der Waals surface area contributed by atoms with Crippen LogP contribution in [0.5, 0.6) is 5.75 Å². The Kier molecular flexibility index (Phi) is 3.19. The Morgan fingerprint density at radius 3 is 2.18 bits per heavy atom. The van der Waals surface area contributed by atoms with Gasteiger partial charge in [-0.05, 0) is 43.7 Å². The van der Waals surface area contributed by atoms with Crippen LogP contribution in [-0.2, 0) is 20.3 Å². The van der Waals surface area contributed by atoms with Crippen molar-refractivity contribution in [3.8, 4) is 5.75 Å².